The van der Waals surface area contributed by atoms with E-state index in [2.05, 4.69) is 0 Å². The molecule has 1 aromatic carbocycles. The Morgan fingerprint density at radius 1 is 1.29 bits per heavy atom. The highest BCUT2D eigenvalue weighted by molar-refractivity contribution is 5.92. The van der Waals surface area contributed by atoms with Crippen LogP contribution < -0.4 is 0 Å². The van der Waals surface area contributed by atoms with Crippen molar-refractivity contribution in [2.24, 2.45) is 0 Å². The van der Waals surface area contributed by atoms with Crippen molar-refractivity contribution in [3.8, 4) is 5.75 Å². The Morgan fingerprint density at radius 3 is 2.47 bits per heavy atom. The van der Waals surface area contributed by atoms with Crippen LogP contribution in [0.1, 0.15) is 36.7 Å². The number of aryl methyl sites for hydroxylation is 1. The molecule has 94 valence electrons. The molecule has 4 heteroatoms. The Morgan fingerprint density at radius 2 is 1.94 bits per heavy atom. The van der Waals surface area contributed by atoms with E-state index in [4.69, 9.17) is 4.84 Å². The number of hydroxylamine groups is 2. The molecule has 0 saturated carbocycles. The monoisotopic (exact) mass is 237 g/mol. The molecule has 0 bridgehead atoms. The molecule has 1 rings (SSSR count). The minimum absolute atomic E-state index is 0.0205. The van der Waals surface area contributed by atoms with Crippen molar-refractivity contribution in [2.45, 2.75) is 27.2 Å². The van der Waals surface area contributed by atoms with Gasteiger partial charge in [-0.1, -0.05) is 19.1 Å². The first-order valence-electron chi connectivity index (χ1n) is 5.92. The van der Waals surface area contributed by atoms with Crippen molar-refractivity contribution in [1.29, 1.82) is 0 Å². The Balaban J connectivity index is 2.89. The highest BCUT2D eigenvalue weighted by Gasteiger charge is 2.17. The lowest BCUT2D eigenvalue weighted by molar-refractivity contribution is -0.103. The van der Waals surface area contributed by atoms with Gasteiger partial charge in [0.05, 0.1) is 0 Å². The molecular formula is C13H19NO3. The molecule has 0 fully saturated rings. The second-order valence-corrected chi connectivity index (χ2v) is 3.66. The smallest absolute Gasteiger partial charge is 0.360 e. The summed E-state index contributed by atoms with van der Waals surface area (Å²) in [5, 5.41) is 11.4. The lowest BCUT2D eigenvalue weighted by atomic mass is 10.1. The summed E-state index contributed by atoms with van der Waals surface area (Å²) in [5.41, 5.74) is 0.968. The standard InChI is InChI=1S/C13H19NO3/c1-4-10-8-7-9-11(12(10)15)13(16)17-14(5-2)6-3/h7-9,15H,4-6H2,1-3H3. The molecular weight excluding hydrogens is 218 g/mol. The first-order valence-corrected chi connectivity index (χ1v) is 5.92. The molecule has 0 spiro atoms. The van der Waals surface area contributed by atoms with E-state index in [1.807, 2.05) is 20.8 Å². The van der Waals surface area contributed by atoms with Gasteiger partial charge in [-0.25, -0.2) is 4.79 Å². The zero-order chi connectivity index (χ0) is 12.8. The number of para-hydroxylation sites is 1. The lowest BCUT2D eigenvalue weighted by Crippen LogP contribution is -2.27. The summed E-state index contributed by atoms with van der Waals surface area (Å²) >= 11 is 0. The van der Waals surface area contributed by atoms with Crippen molar-refractivity contribution >= 4 is 5.97 Å². The predicted molar refractivity (Wildman–Crippen MR) is 65.8 cm³/mol. The molecule has 0 saturated heterocycles. The molecule has 0 amide bonds. The van der Waals surface area contributed by atoms with Gasteiger partial charge in [0.1, 0.15) is 11.3 Å². The van der Waals surface area contributed by atoms with Crippen LogP contribution >= 0.6 is 0 Å². The molecule has 1 N–H and O–H groups in total. The summed E-state index contributed by atoms with van der Waals surface area (Å²) in [5.74, 6) is -0.492. The van der Waals surface area contributed by atoms with Crippen molar-refractivity contribution in [3.05, 3.63) is 29.3 Å². The zero-order valence-corrected chi connectivity index (χ0v) is 10.6. The first-order chi connectivity index (χ1) is 8.13. The molecule has 0 atom stereocenters. The average Bonchev–Trinajstić information content (AvgIpc) is 2.35. The third kappa shape index (κ3) is 3.20. The average molecular weight is 237 g/mol. The molecule has 0 radical (unpaired) electrons. The summed E-state index contributed by atoms with van der Waals surface area (Å²) in [6.45, 7) is 6.97. The summed E-state index contributed by atoms with van der Waals surface area (Å²) < 4.78 is 0. The van der Waals surface area contributed by atoms with Crippen molar-refractivity contribution in [2.75, 3.05) is 13.1 Å². The van der Waals surface area contributed by atoms with Crippen molar-refractivity contribution in [3.63, 3.8) is 0 Å². The largest absolute Gasteiger partial charge is 0.507 e. The second kappa shape index (κ2) is 6.25. The van der Waals surface area contributed by atoms with Crippen LogP contribution in [0.3, 0.4) is 0 Å². The molecule has 17 heavy (non-hydrogen) atoms. The third-order valence-corrected chi connectivity index (χ3v) is 2.64. The van der Waals surface area contributed by atoms with E-state index in [9.17, 15) is 9.90 Å². The SMILES string of the molecule is CCc1cccc(C(=O)ON(CC)CC)c1O. The van der Waals surface area contributed by atoms with Crippen LogP contribution in [0.2, 0.25) is 0 Å². The van der Waals surface area contributed by atoms with Crippen LogP contribution in [-0.4, -0.2) is 29.2 Å². The topological polar surface area (TPSA) is 49.8 Å². The Labute approximate surface area is 102 Å². The van der Waals surface area contributed by atoms with Gasteiger partial charge in [0.15, 0.2) is 0 Å². The zero-order valence-electron chi connectivity index (χ0n) is 10.6. The number of carbonyl (C=O) groups excluding carboxylic acids is 1. The Bertz CT molecular complexity index is 386. The molecule has 1 aromatic rings. The van der Waals surface area contributed by atoms with E-state index in [-0.39, 0.29) is 11.3 Å². The molecule has 4 nitrogen and oxygen atoms in total. The minimum atomic E-state index is -0.512. The normalized spacial score (nSPS) is 10.6. The number of rotatable bonds is 5. The Kier molecular flexibility index (Phi) is 4.97. The van der Waals surface area contributed by atoms with E-state index >= 15 is 0 Å². The van der Waals surface area contributed by atoms with Crippen LogP contribution in [0, 0.1) is 0 Å². The fourth-order valence-electron chi connectivity index (χ4n) is 1.56. The summed E-state index contributed by atoms with van der Waals surface area (Å²) in [6.07, 6.45) is 0.679. The molecule has 0 aromatic heterocycles. The number of hydrogen-bond donors (Lipinski definition) is 1. The van der Waals surface area contributed by atoms with Crippen molar-refractivity contribution < 1.29 is 14.7 Å². The predicted octanol–water partition coefficient (Wildman–Crippen LogP) is 2.37. The van der Waals surface area contributed by atoms with Gasteiger partial charge < -0.3 is 9.94 Å². The quantitative estimate of drug-likeness (QED) is 0.799. The lowest BCUT2D eigenvalue weighted by Gasteiger charge is -2.17. The van der Waals surface area contributed by atoms with E-state index in [0.29, 0.717) is 19.5 Å². The van der Waals surface area contributed by atoms with Gasteiger partial charge in [-0.05, 0) is 31.9 Å². The molecule has 0 unspecified atom stereocenters. The summed E-state index contributed by atoms with van der Waals surface area (Å²) in [4.78, 5) is 17.0. The second-order valence-electron chi connectivity index (χ2n) is 3.66. The summed E-state index contributed by atoms with van der Waals surface area (Å²) in [6, 6.07) is 5.11. The number of phenols is 1. The van der Waals surface area contributed by atoms with E-state index in [1.54, 1.807) is 23.3 Å². The first kappa shape index (κ1) is 13.5. The number of nitrogens with zero attached hydrogens (tertiary/aromatic N) is 1. The molecule has 0 aliphatic heterocycles. The van der Waals surface area contributed by atoms with Crippen LogP contribution in [-0.2, 0) is 11.3 Å². The number of aromatic hydroxyl groups is 1. The number of hydrogen-bond acceptors (Lipinski definition) is 4. The Hall–Kier alpha value is -1.55. The van der Waals surface area contributed by atoms with Gasteiger partial charge in [0.2, 0.25) is 0 Å². The van der Waals surface area contributed by atoms with Crippen LogP contribution in [0.25, 0.3) is 0 Å². The van der Waals surface area contributed by atoms with Crippen LogP contribution in [0.5, 0.6) is 5.75 Å². The maximum absolute atomic E-state index is 11.8. The van der Waals surface area contributed by atoms with E-state index in [0.717, 1.165) is 5.56 Å². The van der Waals surface area contributed by atoms with Crippen molar-refractivity contribution in [1.82, 2.24) is 5.06 Å². The van der Waals surface area contributed by atoms with Gasteiger partial charge in [-0.3, -0.25) is 0 Å². The summed E-state index contributed by atoms with van der Waals surface area (Å²) in [7, 11) is 0. The number of carbonyl (C=O) groups is 1. The molecule has 0 heterocycles. The van der Waals surface area contributed by atoms with Gasteiger partial charge in [-0.2, -0.15) is 0 Å². The molecule has 0 aliphatic carbocycles. The molecule has 0 aliphatic rings. The van der Waals surface area contributed by atoms with Gasteiger partial charge in [0, 0.05) is 13.1 Å². The van der Waals surface area contributed by atoms with Crippen LogP contribution in [0.15, 0.2) is 18.2 Å². The van der Waals surface area contributed by atoms with Gasteiger partial charge in [0.25, 0.3) is 0 Å². The van der Waals surface area contributed by atoms with Crippen LogP contribution in [0.4, 0.5) is 0 Å². The fourth-order valence-corrected chi connectivity index (χ4v) is 1.56. The van der Waals surface area contributed by atoms with Gasteiger partial charge >= 0.3 is 5.97 Å². The van der Waals surface area contributed by atoms with E-state index < -0.39 is 5.97 Å². The third-order valence-electron chi connectivity index (χ3n) is 2.64. The maximum Gasteiger partial charge on any atom is 0.360 e. The highest BCUT2D eigenvalue weighted by atomic mass is 16.7. The van der Waals surface area contributed by atoms with E-state index in [1.165, 1.54) is 0 Å². The minimum Gasteiger partial charge on any atom is -0.507 e. The highest BCUT2D eigenvalue weighted by Crippen LogP contribution is 2.23. The number of phenolic OH excluding ortho intramolecular Hbond substituents is 1. The maximum atomic E-state index is 11.8. The number of benzene rings is 1. The van der Waals surface area contributed by atoms with Gasteiger partial charge in [-0.15, -0.1) is 5.06 Å². The fraction of sp³-hybridized carbons (Fsp3) is 0.462.